The fourth-order valence-electron chi connectivity index (χ4n) is 2.06. The summed E-state index contributed by atoms with van der Waals surface area (Å²) in [5.41, 5.74) is 1.35. The van der Waals surface area contributed by atoms with Crippen molar-refractivity contribution >= 4 is 33.9 Å². The normalized spacial score (nSPS) is 11.4. The molecular formula is C16H11ClN2O3. The molecule has 1 aromatic heterocycles. The Morgan fingerprint density at radius 1 is 1.09 bits per heavy atom. The topological polar surface area (TPSA) is 75.2 Å². The summed E-state index contributed by atoms with van der Waals surface area (Å²) in [5.74, 6) is -0.128. The molecule has 0 saturated heterocycles. The molecule has 3 aromatic rings. The molecule has 0 radical (unpaired) electrons. The van der Waals surface area contributed by atoms with E-state index in [9.17, 15) is 9.90 Å². The number of hydrogen-bond acceptors (Lipinski definition) is 5. The van der Waals surface area contributed by atoms with Gasteiger partial charge in [0.1, 0.15) is 22.7 Å². The Labute approximate surface area is 130 Å². The maximum absolute atomic E-state index is 11.3. The number of halogens is 1. The molecule has 5 nitrogen and oxygen atoms in total. The molecule has 0 aliphatic carbocycles. The third-order valence-electron chi connectivity index (χ3n) is 3.16. The molecular weight excluding hydrogens is 304 g/mol. The van der Waals surface area contributed by atoms with Crippen LogP contribution >= 0.6 is 11.6 Å². The van der Waals surface area contributed by atoms with Gasteiger partial charge in [-0.25, -0.2) is 4.79 Å². The molecule has 3 rings (SSSR count). The van der Waals surface area contributed by atoms with E-state index in [2.05, 4.69) is 10.2 Å². The second-order valence-corrected chi connectivity index (χ2v) is 5.14. The highest BCUT2D eigenvalue weighted by Crippen LogP contribution is 2.34. The Morgan fingerprint density at radius 2 is 1.82 bits per heavy atom. The fourth-order valence-corrected chi connectivity index (χ4v) is 2.24. The summed E-state index contributed by atoms with van der Waals surface area (Å²) >= 11 is 6.00. The van der Waals surface area contributed by atoms with Crippen molar-refractivity contribution in [3.05, 3.63) is 63.5 Å². The van der Waals surface area contributed by atoms with E-state index in [0.717, 1.165) is 5.56 Å². The molecule has 0 bridgehead atoms. The molecule has 6 heteroatoms. The molecule has 2 aromatic carbocycles. The van der Waals surface area contributed by atoms with Crippen LogP contribution in [0.25, 0.3) is 11.0 Å². The van der Waals surface area contributed by atoms with Crippen LogP contribution in [0.3, 0.4) is 0 Å². The van der Waals surface area contributed by atoms with Crippen LogP contribution in [-0.2, 0) is 0 Å². The molecule has 1 heterocycles. The SMILES string of the molecule is Cc1cc(=O)oc2cc(O)c(N=Nc3ccccc3Cl)cc12. The van der Waals surface area contributed by atoms with Crippen molar-refractivity contribution in [2.75, 3.05) is 0 Å². The van der Waals surface area contributed by atoms with Crippen LogP contribution in [0.2, 0.25) is 5.02 Å². The number of nitrogens with zero attached hydrogens (tertiary/aromatic N) is 2. The summed E-state index contributed by atoms with van der Waals surface area (Å²) in [4.78, 5) is 11.3. The summed E-state index contributed by atoms with van der Waals surface area (Å²) in [6.07, 6.45) is 0. The summed E-state index contributed by atoms with van der Waals surface area (Å²) in [6.45, 7) is 1.78. The van der Waals surface area contributed by atoms with Crippen molar-refractivity contribution in [1.82, 2.24) is 0 Å². The van der Waals surface area contributed by atoms with Crippen LogP contribution in [-0.4, -0.2) is 5.11 Å². The molecule has 0 spiro atoms. The Morgan fingerprint density at radius 3 is 2.59 bits per heavy atom. The average molecular weight is 315 g/mol. The molecule has 22 heavy (non-hydrogen) atoms. The number of azo groups is 1. The molecule has 0 saturated carbocycles. The lowest BCUT2D eigenvalue weighted by atomic mass is 10.1. The van der Waals surface area contributed by atoms with Crippen molar-refractivity contribution in [3.8, 4) is 5.75 Å². The van der Waals surface area contributed by atoms with E-state index >= 15 is 0 Å². The van der Waals surface area contributed by atoms with Crippen molar-refractivity contribution in [1.29, 1.82) is 0 Å². The van der Waals surface area contributed by atoms with E-state index in [1.165, 1.54) is 12.1 Å². The largest absolute Gasteiger partial charge is 0.505 e. The second kappa shape index (κ2) is 5.61. The number of hydrogen-bond donors (Lipinski definition) is 1. The minimum absolute atomic E-state index is 0.128. The number of aromatic hydroxyl groups is 1. The van der Waals surface area contributed by atoms with E-state index in [4.69, 9.17) is 16.0 Å². The van der Waals surface area contributed by atoms with Gasteiger partial charge in [0.15, 0.2) is 0 Å². The zero-order valence-corrected chi connectivity index (χ0v) is 12.3. The second-order valence-electron chi connectivity index (χ2n) is 4.74. The van der Waals surface area contributed by atoms with Crippen molar-refractivity contribution in [2.24, 2.45) is 10.2 Å². The predicted octanol–water partition coefficient (Wildman–Crippen LogP) is 4.88. The summed E-state index contributed by atoms with van der Waals surface area (Å²) in [6, 6.07) is 11.4. The van der Waals surface area contributed by atoms with Gasteiger partial charge in [-0.2, -0.15) is 0 Å². The molecule has 0 aliphatic rings. The van der Waals surface area contributed by atoms with Crippen molar-refractivity contribution in [3.63, 3.8) is 0 Å². The lowest BCUT2D eigenvalue weighted by Crippen LogP contribution is -1.97. The zero-order valence-electron chi connectivity index (χ0n) is 11.6. The molecule has 0 aliphatic heterocycles. The highest BCUT2D eigenvalue weighted by molar-refractivity contribution is 6.32. The molecule has 110 valence electrons. The number of rotatable bonds is 2. The van der Waals surface area contributed by atoms with Gasteiger partial charge < -0.3 is 9.52 Å². The highest BCUT2D eigenvalue weighted by Gasteiger charge is 2.08. The Bertz CT molecular complexity index is 948. The highest BCUT2D eigenvalue weighted by atomic mass is 35.5. The van der Waals surface area contributed by atoms with Crippen molar-refractivity contribution < 1.29 is 9.52 Å². The lowest BCUT2D eigenvalue weighted by Gasteiger charge is -2.03. The van der Waals surface area contributed by atoms with Gasteiger partial charge in [-0.05, 0) is 30.7 Å². The fraction of sp³-hybridized carbons (Fsp3) is 0.0625. The minimum atomic E-state index is -0.463. The number of fused-ring (bicyclic) bond motifs is 1. The van der Waals surface area contributed by atoms with E-state index < -0.39 is 5.63 Å². The van der Waals surface area contributed by atoms with E-state index in [1.807, 2.05) is 0 Å². The molecule has 0 atom stereocenters. The summed E-state index contributed by atoms with van der Waals surface area (Å²) in [5, 5.41) is 19.2. The first-order valence-corrected chi connectivity index (χ1v) is 6.86. The monoisotopic (exact) mass is 314 g/mol. The summed E-state index contributed by atoms with van der Waals surface area (Å²) < 4.78 is 5.05. The molecule has 0 fully saturated rings. The van der Waals surface area contributed by atoms with Gasteiger partial charge in [-0.15, -0.1) is 10.2 Å². The Hall–Kier alpha value is -2.66. The van der Waals surface area contributed by atoms with Gasteiger partial charge in [0, 0.05) is 17.5 Å². The van der Waals surface area contributed by atoms with Gasteiger partial charge >= 0.3 is 5.63 Å². The zero-order chi connectivity index (χ0) is 15.7. The van der Waals surface area contributed by atoms with E-state index in [0.29, 0.717) is 21.7 Å². The first kappa shape index (κ1) is 14.3. The van der Waals surface area contributed by atoms with Crippen LogP contribution < -0.4 is 5.63 Å². The quantitative estimate of drug-likeness (QED) is 0.541. The van der Waals surface area contributed by atoms with Gasteiger partial charge in [0.25, 0.3) is 0 Å². The van der Waals surface area contributed by atoms with E-state index in [-0.39, 0.29) is 11.4 Å². The van der Waals surface area contributed by atoms with Crippen LogP contribution in [0.4, 0.5) is 11.4 Å². The van der Waals surface area contributed by atoms with Gasteiger partial charge in [-0.1, -0.05) is 23.7 Å². The number of phenols is 1. The van der Waals surface area contributed by atoms with Crippen LogP contribution in [0.15, 0.2) is 61.9 Å². The first-order valence-electron chi connectivity index (χ1n) is 6.48. The van der Waals surface area contributed by atoms with Gasteiger partial charge in [-0.3, -0.25) is 0 Å². The van der Waals surface area contributed by atoms with Crippen LogP contribution in [0.1, 0.15) is 5.56 Å². The molecule has 0 amide bonds. The van der Waals surface area contributed by atoms with Crippen molar-refractivity contribution in [2.45, 2.75) is 6.92 Å². The Kier molecular flexibility index (Phi) is 3.65. The first-order chi connectivity index (χ1) is 10.5. The average Bonchev–Trinajstić information content (AvgIpc) is 2.46. The molecule has 1 N–H and O–H groups in total. The van der Waals surface area contributed by atoms with Gasteiger partial charge in [0.05, 0.1) is 5.02 Å². The van der Waals surface area contributed by atoms with E-state index in [1.54, 1.807) is 37.3 Å². The van der Waals surface area contributed by atoms with Gasteiger partial charge in [0.2, 0.25) is 0 Å². The number of aryl methyl sites for hydroxylation is 1. The minimum Gasteiger partial charge on any atom is -0.505 e. The Balaban J connectivity index is 2.10. The standard InChI is InChI=1S/C16H11ClN2O3/c1-9-6-16(21)22-15-8-14(20)13(7-10(9)15)19-18-12-5-3-2-4-11(12)17/h2-8,20H,1H3. The van der Waals surface area contributed by atoms with Crippen LogP contribution in [0, 0.1) is 6.92 Å². The number of benzene rings is 2. The number of phenolic OH excluding ortho intramolecular Hbond substituents is 1. The van der Waals surface area contributed by atoms with Crippen LogP contribution in [0.5, 0.6) is 5.75 Å². The predicted molar refractivity (Wildman–Crippen MR) is 84.5 cm³/mol. The smallest absolute Gasteiger partial charge is 0.336 e. The maximum Gasteiger partial charge on any atom is 0.336 e. The third-order valence-corrected chi connectivity index (χ3v) is 3.48. The maximum atomic E-state index is 11.3. The third kappa shape index (κ3) is 2.71. The summed E-state index contributed by atoms with van der Waals surface area (Å²) in [7, 11) is 0. The lowest BCUT2D eigenvalue weighted by molar-refractivity contribution is 0.474. The molecule has 0 unspecified atom stereocenters.